The number of rotatable bonds is 8. The van der Waals surface area contributed by atoms with Crippen LogP contribution in [0.2, 0.25) is 0 Å². The van der Waals surface area contributed by atoms with E-state index in [1.165, 1.54) is 28.4 Å². The van der Waals surface area contributed by atoms with E-state index in [1.807, 2.05) is 67.7 Å². The second-order valence-corrected chi connectivity index (χ2v) is 12.6. The summed E-state index contributed by atoms with van der Waals surface area (Å²) in [5, 5.41) is 12.6. The molecule has 0 radical (unpaired) electrons. The highest BCUT2D eigenvalue weighted by molar-refractivity contribution is 8.02. The Morgan fingerprint density at radius 1 is 1.10 bits per heavy atom. The van der Waals surface area contributed by atoms with Gasteiger partial charge in [0, 0.05) is 12.8 Å². The Bertz CT molecular complexity index is 1480. The lowest BCUT2D eigenvalue weighted by Crippen LogP contribution is -2.70. The number of esters is 1. The number of nitrogens with one attached hydrogen (secondary N) is 1. The van der Waals surface area contributed by atoms with Crippen molar-refractivity contribution in [3.63, 3.8) is 0 Å². The lowest BCUT2D eigenvalue weighted by Gasteiger charge is -2.49. The van der Waals surface area contributed by atoms with Crippen LogP contribution in [0.25, 0.3) is 0 Å². The predicted molar refractivity (Wildman–Crippen MR) is 160 cm³/mol. The maximum Gasteiger partial charge on any atom is 0.408 e. The SMILES string of the molecule is Cn1cnnc1SC=CC1=C(C(=O)OC(c2ccccc2)c2ccccc2)N2C(=O)[C@@H](NC(=O)OC(C)(C)C)[C@H]2SC1. The van der Waals surface area contributed by atoms with Crippen molar-refractivity contribution in [2.24, 2.45) is 7.05 Å². The van der Waals surface area contributed by atoms with Crippen molar-refractivity contribution in [3.8, 4) is 0 Å². The average Bonchev–Trinajstić information content (AvgIpc) is 3.38. The number of benzene rings is 2. The number of ether oxygens (including phenoxy) is 2. The Morgan fingerprint density at radius 2 is 1.74 bits per heavy atom. The first kappa shape index (κ1) is 29.5. The topological polar surface area (TPSA) is 116 Å². The molecule has 0 saturated carbocycles. The number of carbonyl (C=O) groups excluding carboxylic acids is 3. The number of fused-ring (bicyclic) bond motifs is 1. The van der Waals surface area contributed by atoms with Gasteiger partial charge in [0.05, 0.1) is 0 Å². The Kier molecular flexibility index (Phi) is 8.74. The highest BCUT2D eigenvalue weighted by Gasteiger charge is 2.54. The predicted octanol–water partition coefficient (Wildman–Crippen LogP) is 4.82. The van der Waals surface area contributed by atoms with Crippen molar-refractivity contribution in [1.82, 2.24) is 25.0 Å². The van der Waals surface area contributed by atoms with Crippen molar-refractivity contribution in [3.05, 3.63) is 101 Å². The van der Waals surface area contributed by atoms with E-state index >= 15 is 0 Å². The van der Waals surface area contributed by atoms with Gasteiger partial charge in [-0.2, -0.15) is 0 Å². The van der Waals surface area contributed by atoms with E-state index < -0.39 is 41.1 Å². The highest BCUT2D eigenvalue weighted by Crippen LogP contribution is 2.42. The van der Waals surface area contributed by atoms with Gasteiger partial charge in [0.2, 0.25) is 0 Å². The maximum atomic E-state index is 14.0. The summed E-state index contributed by atoms with van der Waals surface area (Å²) in [7, 11) is 1.84. The van der Waals surface area contributed by atoms with Crippen molar-refractivity contribution >= 4 is 41.5 Å². The molecule has 42 heavy (non-hydrogen) atoms. The molecule has 3 aromatic rings. The summed E-state index contributed by atoms with van der Waals surface area (Å²) in [5.41, 5.74) is 1.66. The molecular weight excluding hydrogens is 574 g/mol. The molecule has 1 saturated heterocycles. The third-order valence-electron chi connectivity index (χ3n) is 6.41. The molecule has 2 aliphatic heterocycles. The van der Waals surface area contributed by atoms with Crippen molar-refractivity contribution in [2.75, 3.05) is 5.75 Å². The molecule has 2 aromatic carbocycles. The fourth-order valence-corrected chi connectivity index (χ4v) is 6.48. The summed E-state index contributed by atoms with van der Waals surface area (Å²) in [6, 6.07) is 18.1. The Hall–Kier alpha value is -4.03. The van der Waals surface area contributed by atoms with Crippen LogP contribution in [0.5, 0.6) is 0 Å². The number of alkyl carbamates (subject to hydrolysis) is 1. The Balaban J connectivity index is 1.45. The zero-order valence-electron chi connectivity index (χ0n) is 23.6. The van der Waals surface area contributed by atoms with Crippen molar-refractivity contribution in [1.29, 1.82) is 0 Å². The molecule has 2 aliphatic rings. The fourth-order valence-electron chi connectivity index (χ4n) is 4.50. The number of nitrogens with zero attached hydrogens (tertiary/aromatic N) is 4. The second kappa shape index (κ2) is 12.5. The van der Waals surface area contributed by atoms with Crippen LogP contribution in [0.3, 0.4) is 0 Å². The first-order chi connectivity index (χ1) is 20.1. The van der Waals surface area contributed by atoms with Crippen molar-refractivity contribution < 1.29 is 23.9 Å². The van der Waals surface area contributed by atoms with Crippen LogP contribution in [-0.4, -0.2) is 60.4 Å². The largest absolute Gasteiger partial charge is 0.448 e. The minimum Gasteiger partial charge on any atom is -0.448 e. The summed E-state index contributed by atoms with van der Waals surface area (Å²) in [4.78, 5) is 41.3. The van der Waals surface area contributed by atoms with Gasteiger partial charge in [0.15, 0.2) is 11.3 Å². The lowest BCUT2D eigenvalue weighted by molar-refractivity contribution is -0.153. The van der Waals surface area contributed by atoms with E-state index in [0.717, 1.165) is 11.1 Å². The molecule has 5 rings (SSSR count). The molecule has 2 amide bonds. The zero-order valence-corrected chi connectivity index (χ0v) is 25.2. The van der Waals surface area contributed by atoms with Gasteiger partial charge in [-0.05, 0) is 49.0 Å². The van der Waals surface area contributed by atoms with E-state index in [9.17, 15) is 14.4 Å². The van der Waals surface area contributed by atoms with Gasteiger partial charge in [-0.15, -0.1) is 22.0 Å². The van der Waals surface area contributed by atoms with E-state index in [0.29, 0.717) is 16.5 Å². The molecule has 0 unspecified atom stereocenters. The number of allylic oxidation sites excluding steroid dienone is 1. The molecular formula is C30H31N5O5S2. The molecule has 1 aromatic heterocycles. The van der Waals surface area contributed by atoms with Crippen LogP contribution in [0, 0.1) is 0 Å². The summed E-state index contributed by atoms with van der Waals surface area (Å²) in [5.74, 6) is -0.624. The Morgan fingerprint density at radius 3 is 2.31 bits per heavy atom. The molecule has 0 bridgehead atoms. The molecule has 1 N–H and O–H groups in total. The van der Waals surface area contributed by atoms with Gasteiger partial charge >= 0.3 is 12.1 Å². The number of thioether (sulfide) groups is 2. The monoisotopic (exact) mass is 605 g/mol. The van der Waals surface area contributed by atoms with Gasteiger partial charge in [0.1, 0.15) is 29.0 Å². The number of carbonyl (C=O) groups is 3. The van der Waals surface area contributed by atoms with Gasteiger partial charge < -0.3 is 19.4 Å². The van der Waals surface area contributed by atoms with E-state index in [4.69, 9.17) is 9.47 Å². The van der Waals surface area contributed by atoms with E-state index in [2.05, 4.69) is 15.5 Å². The quantitative estimate of drug-likeness (QED) is 0.219. The smallest absolute Gasteiger partial charge is 0.408 e. The minimum atomic E-state index is -0.828. The van der Waals surface area contributed by atoms with Gasteiger partial charge in [-0.3, -0.25) is 9.69 Å². The number of aromatic nitrogens is 3. The maximum absolute atomic E-state index is 14.0. The van der Waals surface area contributed by atoms with Gasteiger partial charge in [-0.1, -0.05) is 72.4 Å². The summed E-state index contributed by atoms with van der Waals surface area (Å²) < 4.78 is 13.3. The number of β-lactam (4-membered cyclic amide) rings is 1. The summed E-state index contributed by atoms with van der Waals surface area (Å²) in [6.07, 6.45) is 2.02. The summed E-state index contributed by atoms with van der Waals surface area (Å²) >= 11 is 2.79. The number of amides is 2. The van der Waals surface area contributed by atoms with Gasteiger partial charge in [0.25, 0.3) is 5.91 Å². The molecule has 3 heterocycles. The minimum absolute atomic E-state index is 0.151. The number of aryl methyl sites for hydroxylation is 1. The molecule has 0 spiro atoms. The summed E-state index contributed by atoms with van der Waals surface area (Å²) in [6.45, 7) is 5.25. The van der Waals surface area contributed by atoms with Crippen LogP contribution in [0.15, 0.2) is 94.9 Å². The Labute approximate surface area is 252 Å². The van der Waals surface area contributed by atoms with Crippen LogP contribution in [0.4, 0.5) is 4.79 Å². The normalized spacial score (nSPS) is 18.6. The van der Waals surface area contributed by atoms with Crippen LogP contribution in [-0.2, 0) is 26.1 Å². The zero-order chi connectivity index (χ0) is 29.9. The lowest BCUT2D eigenvalue weighted by atomic mass is 10.0. The number of hydrogen-bond acceptors (Lipinski definition) is 9. The average molecular weight is 606 g/mol. The van der Waals surface area contributed by atoms with Crippen molar-refractivity contribution in [2.45, 2.75) is 49.0 Å². The fraction of sp³-hybridized carbons (Fsp3) is 0.300. The molecule has 218 valence electrons. The van der Waals surface area contributed by atoms with Crippen LogP contribution in [0.1, 0.15) is 38.0 Å². The first-order valence-corrected chi connectivity index (χ1v) is 15.2. The highest BCUT2D eigenvalue weighted by atomic mass is 32.2. The van der Waals surface area contributed by atoms with E-state index in [-0.39, 0.29) is 5.70 Å². The molecule has 12 heteroatoms. The number of hydrogen-bond donors (Lipinski definition) is 1. The first-order valence-electron chi connectivity index (χ1n) is 13.3. The van der Waals surface area contributed by atoms with Crippen LogP contribution >= 0.6 is 23.5 Å². The molecule has 2 atom stereocenters. The third kappa shape index (κ3) is 6.55. The standard InChI is InChI=1S/C30H31N5O5S2/c1-30(2,3)40-29(38)32-22-25(36)35-23(21(17-42-26(22)35)15-16-41-28-33-31-18-34(28)4)27(37)39-24(19-11-7-5-8-12-19)20-13-9-6-10-14-20/h5-16,18,22,24,26H,17H2,1-4H3,(H,32,38)/t22-,26-/m1/s1. The van der Waals surface area contributed by atoms with Crippen LogP contribution < -0.4 is 5.32 Å². The van der Waals surface area contributed by atoms with E-state index in [1.54, 1.807) is 43.1 Å². The third-order valence-corrected chi connectivity index (χ3v) is 8.56. The molecule has 0 aliphatic carbocycles. The molecule has 1 fully saturated rings. The second-order valence-electron chi connectivity index (χ2n) is 10.7. The van der Waals surface area contributed by atoms with Gasteiger partial charge in [-0.25, -0.2) is 9.59 Å². The molecule has 10 nitrogen and oxygen atoms in total.